The number of rotatable bonds is 5. The first kappa shape index (κ1) is 14.5. The highest BCUT2D eigenvalue weighted by Gasteiger charge is 2.25. The van der Waals surface area contributed by atoms with Crippen LogP contribution in [-0.4, -0.2) is 12.6 Å². The first-order chi connectivity index (χ1) is 9.24. The van der Waals surface area contributed by atoms with Gasteiger partial charge in [0.05, 0.1) is 0 Å². The molecular weight excluding hydrogens is 232 g/mol. The number of nitrogens with two attached hydrogens (primary N) is 1. The summed E-state index contributed by atoms with van der Waals surface area (Å²) in [6, 6.07) is 10.0. The van der Waals surface area contributed by atoms with Crippen molar-refractivity contribution in [2.24, 2.45) is 11.7 Å². The molecule has 0 bridgehead atoms. The van der Waals surface area contributed by atoms with Gasteiger partial charge in [-0.3, -0.25) is 0 Å². The summed E-state index contributed by atoms with van der Waals surface area (Å²) in [5, 5.41) is 3.86. The Morgan fingerprint density at radius 3 is 2.53 bits per heavy atom. The second-order valence-electron chi connectivity index (χ2n) is 5.92. The summed E-state index contributed by atoms with van der Waals surface area (Å²) in [6.07, 6.45) is 6.40. The Morgan fingerprint density at radius 1 is 1.21 bits per heavy atom. The number of aryl methyl sites for hydroxylation is 1. The maximum Gasteiger partial charge on any atom is 0.0320 e. The summed E-state index contributed by atoms with van der Waals surface area (Å²) in [4.78, 5) is 0. The van der Waals surface area contributed by atoms with E-state index in [1.54, 1.807) is 0 Å². The second-order valence-corrected chi connectivity index (χ2v) is 5.92. The van der Waals surface area contributed by atoms with Gasteiger partial charge >= 0.3 is 0 Å². The molecule has 0 heterocycles. The molecule has 1 aliphatic carbocycles. The Morgan fingerprint density at radius 2 is 1.89 bits per heavy atom. The summed E-state index contributed by atoms with van der Waals surface area (Å²) in [6.45, 7) is 5.23. The van der Waals surface area contributed by atoms with Crippen molar-refractivity contribution < 1.29 is 0 Å². The minimum atomic E-state index is 0.470. The van der Waals surface area contributed by atoms with Gasteiger partial charge in [0, 0.05) is 12.1 Å². The molecule has 0 aromatic heterocycles. The third-order valence-corrected chi connectivity index (χ3v) is 4.52. The molecule has 3 unspecified atom stereocenters. The molecule has 2 heteroatoms. The highest BCUT2D eigenvalue weighted by Crippen LogP contribution is 2.27. The quantitative estimate of drug-likeness (QED) is 0.849. The lowest BCUT2D eigenvalue weighted by Crippen LogP contribution is -2.43. The van der Waals surface area contributed by atoms with Crippen LogP contribution in [0.25, 0.3) is 0 Å². The maximum absolute atomic E-state index is 5.93. The zero-order chi connectivity index (χ0) is 13.7. The summed E-state index contributed by atoms with van der Waals surface area (Å²) in [5.74, 6) is 0.660. The van der Waals surface area contributed by atoms with Crippen LogP contribution in [0.3, 0.4) is 0 Å². The van der Waals surface area contributed by atoms with Crippen molar-refractivity contribution in [3.05, 3.63) is 35.4 Å². The van der Waals surface area contributed by atoms with Crippen molar-refractivity contribution in [1.29, 1.82) is 0 Å². The van der Waals surface area contributed by atoms with Gasteiger partial charge in [0.2, 0.25) is 0 Å². The normalized spacial score (nSPS) is 25.2. The number of nitrogens with one attached hydrogen (secondary N) is 1. The van der Waals surface area contributed by atoms with E-state index in [9.17, 15) is 0 Å². The van der Waals surface area contributed by atoms with Crippen molar-refractivity contribution >= 4 is 0 Å². The molecule has 0 amide bonds. The third kappa shape index (κ3) is 3.80. The fourth-order valence-electron chi connectivity index (χ4n) is 3.22. The Labute approximate surface area is 117 Å². The summed E-state index contributed by atoms with van der Waals surface area (Å²) in [5.41, 5.74) is 8.67. The van der Waals surface area contributed by atoms with Crippen LogP contribution in [0.5, 0.6) is 0 Å². The smallest absolute Gasteiger partial charge is 0.0320 e. The van der Waals surface area contributed by atoms with Gasteiger partial charge in [-0.05, 0) is 44.2 Å². The summed E-state index contributed by atoms with van der Waals surface area (Å²) < 4.78 is 0. The van der Waals surface area contributed by atoms with Crippen LogP contribution < -0.4 is 11.1 Å². The number of hydrogen-bond acceptors (Lipinski definition) is 2. The first-order valence-electron chi connectivity index (χ1n) is 7.77. The van der Waals surface area contributed by atoms with E-state index >= 15 is 0 Å². The standard InChI is InChI=1S/C17H28N2/c1-3-16(14-10-8-13(2)9-11-14)19-17-7-5-4-6-15(17)12-18/h8-11,15-17,19H,3-7,12,18H2,1-2H3. The van der Waals surface area contributed by atoms with Crippen LogP contribution in [0.15, 0.2) is 24.3 Å². The minimum absolute atomic E-state index is 0.470. The highest BCUT2D eigenvalue weighted by molar-refractivity contribution is 5.24. The highest BCUT2D eigenvalue weighted by atomic mass is 15.0. The van der Waals surface area contributed by atoms with Gasteiger partial charge in [-0.2, -0.15) is 0 Å². The van der Waals surface area contributed by atoms with Gasteiger partial charge in [0.1, 0.15) is 0 Å². The van der Waals surface area contributed by atoms with Gasteiger partial charge in [0.25, 0.3) is 0 Å². The molecule has 106 valence electrons. The molecule has 0 radical (unpaired) electrons. The van der Waals surface area contributed by atoms with E-state index < -0.39 is 0 Å². The lowest BCUT2D eigenvalue weighted by Gasteiger charge is -2.34. The van der Waals surface area contributed by atoms with E-state index in [1.807, 2.05) is 0 Å². The van der Waals surface area contributed by atoms with Gasteiger partial charge < -0.3 is 11.1 Å². The van der Waals surface area contributed by atoms with Crippen molar-refractivity contribution in [3.63, 3.8) is 0 Å². The molecule has 1 fully saturated rings. The Bertz CT molecular complexity index is 371. The van der Waals surface area contributed by atoms with Crippen molar-refractivity contribution in [2.45, 2.75) is 58.0 Å². The molecule has 0 spiro atoms. The monoisotopic (exact) mass is 260 g/mol. The summed E-state index contributed by atoms with van der Waals surface area (Å²) >= 11 is 0. The SMILES string of the molecule is CCC(NC1CCCCC1CN)c1ccc(C)cc1. The van der Waals surface area contributed by atoms with Gasteiger partial charge in [-0.1, -0.05) is 49.6 Å². The predicted octanol–water partition coefficient (Wildman–Crippen LogP) is 3.55. The second kappa shape index (κ2) is 7.06. The molecule has 2 nitrogen and oxygen atoms in total. The molecule has 1 aromatic rings. The Balaban J connectivity index is 2.03. The molecule has 3 atom stereocenters. The molecule has 2 rings (SSSR count). The lowest BCUT2D eigenvalue weighted by molar-refractivity contribution is 0.245. The van der Waals surface area contributed by atoms with Crippen LogP contribution >= 0.6 is 0 Å². The average Bonchev–Trinajstić information content (AvgIpc) is 2.46. The topological polar surface area (TPSA) is 38.0 Å². The zero-order valence-corrected chi connectivity index (χ0v) is 12.4. The molecule has 1 aromatic carbocycles. The van der Waals surface area contributed by atoms with Crippen LogP contribution in [0.2, 0.25) is 0 Å². The largest absolute Gasteiger partial charge is 0.330 e. The lowest BCUT2D eigenvalue weighted by atomic mass is 9.83. The van der Waals surface area contributed by atoms with Crippen LogP contribution in [0, 0.1) is 12.8 Å². The van der Waals surface area contributed by atoms with Crippen LogP contribution in [0.1, 0.15) is 56.2 Å². The molecule has 0 saturated heterocycles. The number of hydrogen-bond donors (Lipinski definition) is 2. The third-order valence-electron chi connectivity index (χ3n) is 4.52. The predicted molar refractivity (Wildman–Crippen MR) is 82.1 cm³/mol. The van der Waals surface area contributed by atoms with E-state index in [0.29, 0.717) is 18.0 Å². The van der Waals surface area contributed by atoms with Gasteiger partial charge in [-0.15, -0.1) is 0 Å². The van der Waals surface area contributed by atoms with Crippen molar-refractivity contribution in [1.82, 2.24) is 5.32 Å². The number of benzene rings is 1. The molecule has 19 heavy (non-hydrogen) atoms. The van der Waals surface area contributed by atoms with Gasteiger partial charge in [-0.25, -0.2) is 0 Å². The van der Waals surface area contributed by atoms with Crippen molar-refractivity contribution in [2.75, 3.05) is 6.54 Å². The van der Waals surface area contributed by atoms with Gasteiger partial charge in [0.15, 0.2) is 0 Å². The Hall–Kier alpha value is -0.860. The maximum atomic E-state index is 5.93. The average molecular weight is 260 g/mol. The minimum Gasteiger partial charge on any atom is -0.330 e. The first-order valence-corrected chi connectivity index (χ1v) is 7.77. The molecule has 3 N–H and O–H groups in total. The van der Waals surface area contributed by atoms with E-state index in [0.717, 1.165) is 13.0 Å². The molecule has 1 saturated carbocycles. The fraction of sp³-hybridized carbons (Fsp3) is 0.647. The zero-order valence-electron chi connectivity index (χ0n) is 12.4. The Kier molecular flexibility index (Phi) is 5.41. The van der Waals surface area contributed by atoms with E-state index in [-0.39, 0.29) is 0 Å². The van der Waals surface area contributed by atoms with E-state index in [4.69, 9.17) is 5.73 Å². The van der Waals surface area contributed by atoms with Crippen LogP contribution in [-0.2, 0) is 0 Å². The van der Waals surface area contributed by atoms with Crippen LogP contribution in [0.4, 0.5) is 0 Å². The molecular formula is C17H28N2. The summed E-state index contributed by atoms with van der Waals surface area (Å²) in [7, 11) is 0. The fourth-order valence-corrected chi connectivity index (χ4v) is 3.22. The van der Waals surface area contributed by atoms with E-state index in [1.165, 1.54) is 36.8 Å². The van der Waals surface area contributed by atoms with E-state index in [2.05, 4.69) is 43.4 Å². The molecule has 1 aliphatic rings. The molecule has 0 aliphatic heterocycles. The van der Waals surface area contributed by atoms with Crippen molar-refractivity contribution in [3.8, 4) is 0 Å².